The maximum atomic E-state index is 12.7. The summed E-state index contributed by atoms with van der Waals surface area (Å²) < 4.78 is 12.7. The standard InChI is InChI=1S/C11H15FN2/c1-13-11-7-14-6-10(11)8-2-4-9(12)5-3-8/h2-5,10-11,13-14H,6-7H2,1H3. The van der Waals surface area contributed by atoms with Crippen molar-refractivity contribution in [1.82, 2.24) is 10.6 Å². The molecule has 2 N–H and O–H groups in total. The van der Waals surface area contributed by atoms with E-state index < -0.39 is 0 Å². The van der Waals surface area contributed by atoms with E-state index >= 15 is 0 Å². The smallest absolute Gasteiger partial charge is 0.123 e. The lowest BCUT2D eigenvalue weighted by atomic mass is 9.94. The third kappa shape index (κ3) is 1.79. The van der Waals surface area contributed by atoms with Gasteiger partial charge in [0.1, 0.15) is 5.82 Å². The van der Waals surface area contributed by atoms with Gasteiger partial charge in [-0.15, -0.1) is 0 Å². The number of halogens is 1. The molecule has 3 heteroatoms. The third-order valence-electron chi connectivity index (χ3n) is 2.88. The highest BCUT2D eigenvalue weighted by Gasteiger charge is 2.26. The Morgan fingerprint density at radius 2 is 2.00 bits per heavy atom. The van der Waals surface area contributed by atoms with E-state index in [9.17, 15) is 4.39 Å². The summed E-state index contributed by atoms with van der Waals surface area (Å²) in [5.41, 5.74) is 1.20. The highest BCUT2D eigenvalue weighted by Crippen LogP contribution is 2.22. The zero-order valence-corrected chi connectivity index (χ0v) is 8.26. The second-order valence-corrected chi connectivity index (χ2v) is 3.71. The molecule has 0 spiro atoms. The van der Waals surface area contributed by atoms with Crippen molar-refractivity contribution in [3.63, 3.8) is 0 Å². The van der Waals surface area contributed by atoms with E-state index in [2.05, 4.69) is 10.6 Å². The van der Waals surface area contributed by atoms with E-state index in [0.717, 1.165) is 13.1 Å². The van der Waals surface area contributed by atoms with Crippen molar-refractivity contribution in [3.8, 4) is 0 Å². The van der Waals surface area contributed by atoms with E-state index in [1.54, 1.807) is 0 Å². The van der Waals surface area contributed by atoms with Crippen LogP contribution in [0, 0.1) is 5.82 Å². The Bertz CT molecular complexity index is 297. The highest BCUT2D eigenvalue weighted by molar-refractivity contribution is 5.24. The Labute approximate surface area is 83.5 Å². The Morgan fingerprint density at radius 3 is 2.64 bits per heavy atom. The first kappa shape index (κ1) is 9.62. The Kier molecular flexibility index (Phi) is 2.79. The summed E-state index contributed by atoms with van der Waals surface area (Å²) in [5, 5.41) is 6.60. The van der Waals surface area contributed by atoms with Crippen LogP contribution >= 0.6 is 0 Å². The van der Waals surface area contributed by atoms with Gasteiger partial charge in [0.25, 0.3) is 0 Å². The van der Waals surface area contributed by atoms with E-state index in [1.807, 2.05) is 19.2 Å². The molecule has 2 nitrogen and oxygen atoms in total. The second kappa shape index (κ2) is 4.07. The molecule has 76 valence electrons. The first-order valence-corrected chi connectivity index (χ1v) is 4.94. The molecule has 0 aliphatic carbocycles. The van der Waals surface area contributed by atoms with Gasteiger partial charge >= 0.3 is 0 Å². The van der Waals surface area contributed by atoms with Crippen LogP contribution in [0.25, 0.3) is 0 Å². The van der Waals surface area contributed by atoms with Crippen LogP contribution in [-0.2, 0) is 0 Å². The van der Waals surface area contributed by atoms with Crippen molar-refractivity contribution in [2.45, 2.75) is 12.0 Å². The first-order chi connectivity index (χ1) is 6.81. The molecule has 1 aromatic carbocycles. The quantitative estimate of drug-likeness (QED) is 0.736. The van der Waals surface area contributed by atoms with Gasteiger partial charge in [-0.05, 0) is 24.7 Å². The molecule has 2 atom stereocenters. The zero-order chi connectivity index (χ0) is 9.97. The first-order valence-electron chi connectivity index (χ1n) is 4.94. The summed E-state index contributed by atoms with van der Waals surface area (Å²) in [6, 6.07) is 7.26. The molecular formula is C11H15FN2. The number of benzene rings is 1. The van der Waals surface area contributed by atoms with E-state index in [4.69, 9.17) is 0 Å². The predicted octanol–water partition coefficient (Wildman–Crippen LogP) is 1.10. The van der Waals surface area contributed by atoms with Crippen molar-refractivity contribution in [3.05, 3.63) is 35.6 Å². The molecule has 2 unspecified atom stereocenters. The minimum Gasteiger partial charge on any atom is -0.315 e. The van der Waals surface area contributed by atoms with Crippen LogP contribution in [0.15, 0.2) is 24.3 Å². The molecule has 14 heavy (non-hydrogen) atoms. The van der Waals surface area contributed by atoms with Crippen LogP contribution < -0.4 is 10.6 Å². The summed E-state index contributed by atoms with van der Waals surface area (Å²) in [5.74, 6) is 0.293. The third-order valence-corrected chi connectivity index (χ3v) is 2.88. The molecule has 0 saturated carbocycles. The van der Waals surface area contributed by atoms with Crippen LogP contribution in [0.2, 0.25) is 0 Å². The normalized spacial score (nSPS) is 26.7. The van der Waals surface area contributed by atoms with Crippen LogP contribution in [0.5, 0.6) is 0 Å². The molecule has 0 amide bonds. The molecule has 1 saturated heterocycles. The van der Waals surface area contributed by atoms with Gasteiger partial charge in [-0.3, -0.25) is 0 Å². The van der Waals surface area contributed by atoms with Gasteiger partial charge in [0.2, 0.25) is 0 Å². The van der Waals surface area contributed by atoms with E-state index in [-0.39, 0.29) is 5.82 Å². The van der Waals surface area contributed by atoms with Gasteiger partial charge < -0.3 is 10.6 Å². The summed E-state index contributed by atoms with van der Waals surface area (Å²) in [4.78, 5) is 0. The van der Waals surface area contributed by atoms with Crippen LogP contribution in [-0.4, -0.2) is 26.2 Å². The number of hydrogen-bond acceptors (Lipinski definition) is 2. The Balaban J connectivity index is 2.17. The summed E-state index contributed by atoms with van der Waals surface area (Å²) >= 11 is 0. The highest BCUT2D eigenvalue weighted by atomic mass is 19.1. The second-order valence-electron chi connectivity index (χ2n) is 3.71. The van der Waals surface area contributed by atoms with Crippen molar-refractivity contribution in [2.75, 3.05) is 20.1 Å². The Morgan fingerprint density at radius 1 is 1.29 bits per heavy atom. The minimum atomic E-state index is -0.166. The minimum absolute atomic E-state index is 0.166. The monoisotopic (exact) mass is 194 g/mol. The molecule has 1 aliphatic heterocycles. The molecule has 1 heterocycles. The van der Waals surface area contributed by atoms with Crippen LogP contribution in [0.1, 0.15) is 11.5 Å². The largest absolute Gasteiger partial charge is 0.315 e. The van der Waals surface area contributed by atoms with Gasteiger partial charge in [0.15, 0.2) is 0 Å². The fraction of sp³-hybridized carbons (Fsp3) is 0.455. The zero-order valence-electron chi connectivity index (χ0n) is 8.26. The number of hydrogen-bond donors (Lipinski definition) is 2. The molecule has 0 bridgehead atoms. The van der Waals surface area contributed by atoms with Crippen molar-refractivity contribution in [2.24, 2.45) is 0 Å². The molecule has 1 aliphatic rings. The molecule has 0 radical (unpaired) electrons. The number of rotatable bonds is 2. The number of likely N-dealkylation sites (N-methyl/N-ethyl adjacent to an activating group) is 1. The lowest BCUT2D eigenvalue weighted by Crippen LogP contribution is -2.31. The van der Waals surface area contributed by atoms with Crippen molar-refractivity contribution >= 4 is 0 Å². The molecule has 1 aromatic rings. The average molecular weight is 194 g/mol. The van der Waals surface area contributed by atoms with Gasteiger partial charge in [0, 0.05) is 25.0 Å². The van der Waals surface area contributed by atoms with Gasteiger partial charge in [-0.25, -0.2) is 4.39 Å². The maximum Gasteiger partial charge on any atom is 0.123 e. The maximum absolute atomic E-state index is 12.7. The topological polar surface area (TPSA) is 24.1 Å². The van der Waals surface area contributed by atoms with Gasteiger partial charge in [0.05, 0.1) is 0 Å². The van der Waals surface area contributed by atoms with Crippen LogP contribution in [0.3, 0.4) is 0 Å². The number of nitrogens with one attached hydrogen (secondary N) is 2. The fourth-order valence-electron chi connectivity index (χ4n) is 2.04. The summed E-state index contributed by atoms with van der Waals surface area (Å²) in [7, 11) is 1.97. The summed E-state index contributed by atoms with van der Waals surface area (Å²) in [6.45, 7) is 1.95. The average Bonchev–Trinajstić information content (AvgIpc) is 2.67. The van der Waals surface area contributed by atoms with Gasteiger partial charge in [-0.2, -0.15) is 0 Å². The molecule has 1 fully saturated rings. The Hall–Kier alpha value is -0.930. The summed E-state index contributed by atoms with van der Waals surface area (Å²) in [6.07, 6.45) is 0. The molecule has 0 aromatic heterocycles. The van der Waals surface area contributed by atoms with Crippen molar-refractivity contribution < 1.29 is 4.39 Å². The lowest BCUT2D eigenvalue weighted by Gasteiger charge is -2.17. The lowest BCUT2D eigenvalue weighted by molar-refractivity contribution is 0.551. The molecule has 2 rings (SSSR count). The van der Waals surface area contributed by atoms with E-state index in [0.29, 0.717) is 12.0 Å². The predicted molar refractivity (Wildman–Crippen MR) is 54.9 cm³/mol. The van der Waals surface area contributed by atoms with E-state index in [1.165, 1.54) is 17.7 Å². The van der Waals surface area contributed by atoms with Crippen LogP contribution in [0.4, 0.5) is 4.39 Å². The fourth-order valence-corrected chi connectivity index (χ4v) is 2.04. The molecular weight excluding hydrogens is 179 g/mol. The van der Waals surface area contributed by atoms with Crippen molar-refractivity contribution in [1.29, 1.82) is 0 Å². The SMILES string of the molecule is CNC1CNCC1c1ccc(F)cc1. The van der Waals surface area contributed by atoms with Gasteiger partial charge in [-0.1, -0.05) is 12.1 Å².